The largest absolute Gasteiger partial charge is 0.377 e. The van der Waals surface area contributed by atoms with Crippen molar-refractivity contribution >= 4 is 16.8 Å². The second kappa shape index (κ2) is 7.81. The second-order valence-electron chi connectivity index (χ2n) is 8.27. The number of carbonyl (C=O) groups excluding carboxylic acids is 1. The molecular formula is C23H25FN4O2. The summed E-state index contributed by atoms with van der Waals surface area (Å²) in [5.41, 5.74) is 4.45. The van der Waals surface area contributed by atoms with E-state index in [0.717, 1.165) is 47.2 Å². The predicted molar refractivity (Wildman–Crippen MR) is 113 cm³/mol. The number of amides is 1. The summed E-state index contributed by atoms with van der Waals surface area (Å²) < 4.78 is 19.9. The Balaban J connectivity index is 1.49. The monoisotopic (exact) mass is 408 g/mol. The fourth-order valence-corrected chi connectivity index (χ4v) is 4.25. The Bertz CT molecular complexity index is 1100. The van der Waals surface area contributed by atoms with Gasteiger partial charge in [0.2, 0.25) is 0 Å². The SMILES string of the molecule is Cc1c(F)cc(CN2CCCC2)cc1-c1ccc2[nH]nc(C(=O)NC3COC3)c2c1. The van der Waals surface area contributed by atoms with Crippen LogP contribution in [0, 0.1) is 12.7 Å². The topological polar surface area (TPSA) is 70.2 Å². The highest BCUT2D eigenvalue weighted by Gasteiger charge is 2.24. The molecule has 5 rings (SSSR count). The first-order valence-corrected chi connectivity index (χ1v) is 10.5. The molecule has 2 aliphatic rings. The summed E-state index contributed by atoms with van der Waals surface area (Å²) in [5.74, 6) is -0.422. The molecule has 0 bridgehead atoms. The highest BCUT2D eigenvalue weighted by atomic mass is 19.1. The highest BCUT2D eigenvalue weighted by molar-refractivity contribution is 6.05. The van der Waals surface area contributed by atoms with Crippen molar-refractivity contribution in [3.63, 3.8) is 0 Å². The molecule has 7 heteroatoms. The lowest BCUT2D eigenvalue weighted by Crippen LogP contribution is -2.48. The third-order valence-corrected chi connectivity index (χ3v) is 6.07. The molecule has 2 aromatic carbocycles. The van der Waals surface area contributed by atoms with Crippen LogP contribution in [0.1, 0.15) is 34.5 Å². The second-order valence-corrected chi connectivity index (χ2v) is 8.27. The first-order valence-electron chi connectivity index (χ1n) is 10.5. The van der Waals surface area contributed by atoms with Crippen LogP contribution in [0.2, 0.25) is 0 Å². The maximum Gasteiger partial charge on any atom is 0.272 e. The van der Waals surface area contributed by atoms with Gasteiger partial charge in [0, 0.05) is 11.9 Å². The molecule has 0 unspecified atom stereocenters. The van der Waals surface area contributed by atoms with Crippen LogP contribution < -0.4 is 5.32 Å². The molecule has 6 nitrogen and oxygen atoms in total. The third kappa shape index (κ3) is 3.59. The zero-order chi connectivity index (χ0) is 20.7. The summed E-state index contributed by atoms with van der Waals surface area (Å²) in [6.07, 6.45) is 2.41. The van der Waals surface area contributed by atoms with Crippen LogP contribution in [-0.4, -0.2) is 53.3 Å². The molecule has 0 atom stereocenters. The normalized spacial score (nSPS) is 17.4. The number of fused-ring (bicyclic) bond motifs is 1. The van der Waals surface area contributed by atoms with Crippen molar-refractivity contribution in [1.82, 2.24) is 20.4 Å². The van der Waals surface area contributed by atoms with E-state index in [-0.39, 0.29) is 17.8 Å². The Morgan fingerprint density at radius 3 is 2.80 bits per heavy atom. The van der Waals surface area contributed by atoms with E-state index >= 15 is 0 Å². The van der Waals surface area contributed by atoms with Gasteiger partial charge in [-0.05, 0) is 79.4 Å². The molecular weight excluding hydrogens is 383 g/mol. The molecule has 3 heterocycles. The van der Waals surface area contributed by atoms with E-state index in [9.17, 15) is 9.18 Å². The van der Waals surface area contributed by atoms with Gasteiger partial charge in [-0.2, -0.15) is 5.10 Å². The summed E-state index contributed by atoms with van der Waals surface area (Å²) in [7, 11) is 0. The zero-order valence-electron chi connectivity index (χ0n) is 17.0. The van der Waals surface area contributed by atoms with Crippen molar-refractivity contribution in [1.29, 1.82) is 0 Å². The number of H-pyrrole nitrogens is 1. The number of nitrogens with zero attached hydrogens (tertiary/aromatic N) is 2. The van der Waals surface area contributed by atoms with Gasteiger partial charge in [-0.1, -0.05) is 6.07 Å². The average Bonchev–Trinajstić information content (AvgIpc) is 3.36. The smallest absolute Gasteiger partial charge is 0.272 e. The van der Waals surface area contributed by atoms with Crippen LogP contribution in [0.5, 0.6) is 0 Å². The van der Waals surface area contributed by atoms with Gasteiger partial charge in [-0.15, -0.1) is 0 Å². The molecule has 1 amide bonds. The van der Waals surface area contributed by atoms with E-state index in [4.69, 9.17) is 4.74 Å². The Kier molecular flexibility index (Phi) is 5.00. The van der Waals surface area contributed by atoms with E-state index in [1.807, 2.05) is 18.2 Å². The average molecular weight is 408 g/mol. The molecule has 156 valence electrons. The predicted octanol–water partition coefficient (Wildman–Crippen LogP) is 3.40. The van der Waals surface area contributed by atoms with Crippen molar-refractivity contribution < 1.29 is 13.9 Å². The Morgan fingerprint density at radius 2 is 2.07 bits per heavy atom. The van der Waals surface area contributed by atoms with E-state index in [1.165, 1.54) is 12.8 Å². The lowest BCUT2D eigenvalue weighted by atomic mass is 9.96. The number of ether oxygens (including phenoxy) is 1. The number of carbonyl (C=O) groups is 1. The summed E-state index contributed by atoms with van der Waals surface area (Å²) in [5, 5.41) is 10.8. The number of nitrogens with one attached hydrogen (secondary N) is 2. The summed E-state index contributed by atoms with van der Waals surface area (Å²) >= 11 is 0. The molecule has 0 spiro atoms. The zero-order valence-corrected chi connectivity index (χ0v) is 17.0. The molecule has 0 radical (unpaired) electrons. The molecule has 2 aliphatic heterocycles. The van der Waals surface area contributed by atoms with Crippen LogP contribution >= 0.6 is 0 Å². The fraction of sp³-hybridized carbons (Fsp3) is 0.391. The summed E-state index contributed by atoms with van der Waals surface area (Å²) in [6, 6.07) is 9.52. The molecule has 0 aliphatic carbocycles. The number of likely N-dealkylation sites (tertiary alicyclic amines) is 1. The molecule has 1 aromatic heterocycles. The van der Waals surface area contributed by atoms with E-state index in [2.05, 4.69) is 26.5 Å². The van der Waals surface area contributed by atoms with Gasteiger partial charge in [0.25, 0.3) is 5.91 Å². The van der Waals surface area contributed by atoms with Crippen LogP contribution in [0.4, 0.5) is 4.39 Å². The van der Waals surface area contributed by atoms with E-state index < -0.39 is 0 Å². The number of halogens is 1. The Morgan fingerprint density at radius 1 is 1.27 bits per heavy atom. The first kappa shape index (κ1) is 19.2. The van der Waals surface area contributed by atoms with Gasteiger partial charge < -0.3 is 10.1 Å². The van der Waals surface area contributed by atoms with Gasteiger partial charge in [-0.25, -0.2) is 4.39 Å². The van der Waals surface area contributed by atoms with Gasteiger partial charge in [0.05, 0.1) is 24.8 Å². The highest BCUT2D eigenvalue weighted by Crippen LogP contribution is 2.31. The number of rotatable bonds is 5. The Hall–Kier alpha value is -2.77. The van der Waals surface area contributed by atoms with Gasteiger partial charge in [0.1, 0.15) is 5.82 Å². The fourth-order valence-electron chi connectivity index (χ4n) is 4.25. The van der Waals surface area contributed by atoms with Crippen molar-refractivity contribution in [3.05, 3.63) is 53.0 Å². The molecule has 3 aromatic rings. The number of benzene rings is 2. The first-order chi connectivity index (χ1) is 14.6. The van der Waals surface area contributed by atoms with Crippen LogP contribution in [0.25, 0.3) is 22.0 Å². The number of aromatic amines is 1. The molecule has 2 saturated heterocycles. The van der Waals surface area contributed by atoms with Gasteiger partial charge in [0.15, 0.2) is 5.69 Å². The van der Waals surface area contributed by atoms with Gasteiger partial charge >= 0.3 is 0 Å². The molecule has 0 saturated carbocycles. The minimum atomic E-state index is -0.225. The molecule has 30 heavy (non-hydrogen) atoms. The van der Waals surface area contributed by atoms with Gasteiger partial charge in [-0.3, -0.25) is 14.8 Å². The van der Waals surface area contributed by atoms with E-state index in [0.29, 0.717) is 24.5 Å². The standard InChI is InChI=1S/C23H25FN4O2/c1-14-18(8-15(9-20(14)24)11-28-6-2-3-7-28)16-4-5-21-19(10-16)22(27-26-21)23(29)25-17-12-30-13-17/h4-5,8-10,17H,2-3,6-7,11-13H2,1H3,(H,25,29)(H,26,27). The van der Waals surface area contributed by atoms with Crippen LogP contribution in [0.3, 0.4) is 0 Å². The number of hydrogen-bond acceptors (Lipinski definition) is 4. The lowest BCUT2D eigenvalue weighted by Gasteiger charge is -2.26. The Labute approximate surface area is 174 Å². The van der Waals surface area contributed by atoms with Crippen LogP contribution in [0.15, 0.2) is 30.3 Å². The third-order valence-electron chi connectivity index (χ3n) is 6.07. The summed E-state index contributed by atoms with van der Waals surface area (Å²) in [4.78, 5) is 15.0. The number of hydrogen-bond donors (Lipinski definition) is 2. The van der Waals surface area contributed by atoms with Crippen molar-refractivity contribution in [3.8, 4) is 11.1 Å². The minimum absolute atomic E-state index is 0.0334. The van der Waals surface area contributed by atoms with Crippen molar-refractivity contribution in [2.24, 2.45) is 0 Å². The molecule has 2 N–H and O–H groups in total. The maximum absolute atomic E-state index is 14.7. The van der Waals surface area contributed by atoms with Crippen LogP contribution in [-0.2, 0) is 11.3 Å². The van der Waals surface area contributed by atoms with Crippen molar-refractivity contribution in [2.45, 2.75) is 32.4 Å². The quantitative estimate of drug-likeness (QED) is 0.679. The maximum atomic E-state index is 14.7. The number of aromatic nitrogens is 2. The van der Waals surface area contributed by atoms with E-state index in [1.54, 1.807) is 13.0 Å². The van der Waals surface area contributed by atoms with Crippen molar-refractivity contribution in [2.75, 3.05) is 26.3 Å². The molecule has 2 fully saturated rings. The minimum Gasteiger partial charge on any atom is -0.377 e. The summed E-state index contributed by atoms with van der Waals surface area (Å²) in [6.45, 7) is 5.75. The lowest BCUT2D eigenvalue weighted by molar-refractivity contribution is -0.00352.